The van der Waals surface area contributed by atoms with Crippen LogP contribution in [0.4, 0.5) is 23.2 Å². The van der Waals surface area contributed by atoms with Crippen molar-refractivity contribution >= 4 is 11.6 Å². The first-order valence-electron chi connectivity index (χ1n) is 10.9. The van der Waals surface area contributed by atoms with E-state index in [-0.39, 0.29) is 34.5 Å². The molecule has 0 fully saturated rings. The third-order valence-electron chi connectivity index (χ3n) is 5.47. The van der Waals surface area contributed by atoms with Gasteiger partial charge < -0.3 is 19.5 Å². The SMILES string of the molecule is COc1cc(F)c(-c2c(NC(=O)c3ccc(OC(F)F)cc3)c(=O)n(-c3cccc(OC)n3)n2C)c(F)c1. The predicted molar refractivity (Wildman–Crippen MR) is 128 cm³/mol. The van der Waals surface area contributed by atoms with Crippen molar-refractivity contribution in [2.24, 2.45) is 7.05 Å². The van der Waals surface area contributed by atoms with Gasteiger partial charge in [-0.3, -0.25) is 14.3 Å². The number of rotatable bonds is 8. The van der Waals surface area contributed by atoms with Crippen molar-refractivity contribution in [2.45, 2.75) is 6.61 Å². The molecule has 2 heterocycles. The monoisotopic (exact) mass is 532 g/mol. The lowest BCUT2D eigenvalue weighted by molar-refractivity contribution is -0.0498. The van der Waals surface area contributed by atoms with Crippen LogP contribution in [-0.2, 0) is 7.05 Å². The van der Waals surface area contributed by atoms with E-state index in [2.05, 4.69) is 15.0 Å². The molecule has 0 atom stereocenters. The minimum atomic E-state index is -3.06. The first-order valence-corrected chi connectivity index (χ1v) is 10.9. The number of aromatic nitrogens is 3. The number of nitrogens with one attached hydrogen (secondary N) is 1. The van der Waals surface area contributed by atoms with E-state index in [1.165, 1.54) is 45.5 Å². The van der Waals surface area contributed by atoms with E-state index in [0.29, 0.717) is 0 Å². The average Bonchev–Trinajstić information content (AvgIpc) is 3.12. The van der Waals surface area contributed by atoms with Crippen molar-refractivity contribution in [1.29, 1.82) is 0 Å². The summed E-state index contributed by atoms with van der Waals surface area (Å²) >= 11 is 0. The van der Waals surface area contributed by atoms with Crippen molar-refractivity contribution in [2.75, 3.05) is 19.5 Å². The molecule has 2 aromatic carbocycles. The fourth-order valence-electron chi connectivity index (χ4n) is 3.77. The Hall–Kier alpha value is -4.81. The van der Waals surface area contributed by atoms with Gasteiger partial charge in [0, 0.05) is 30.8 Å². The number of hydrogen-bond acceptors (Lipinski definition) is 6. The Morgan fingerprint density at radius 2 is 1.63 bits per heavy atom. The van der Waals surface area contributed by atoms with E-state index >= 15 is 8.78 Å². The number of carbonyl (C=O) groups excluding carboxylic acids is 1. The minimum Gasteiger partial charge on any atom is -0.497 e. The molecule has 4 aromatic rings. The number of amides is 1. The van der Waals surface area contributed by atoms with Gasteiger partial charge in [-0.1, -0.05) is 6.07 Å². The van der Waals surface area contributed by atoms with Crippen molar-refractivity contribution in [3.8, 4) is 34.5 Å². The molecule has 1 N–H and O–H groups in total. The first-order chi connectivity index (χ1) is 18.1. The molecule has 0 saturated heterocycles. The van der Waals surface area contributed by atoms with Crippen LogP contribution in [0.25, 0.3) is 17.1 Å². The van der Waals surface area contributed by atoms with E-state index in [0.717, 1.165) is 33.6 Å². The fraction of sp³-hybridized carbons (Fsp3) is 0.160. The quantitative estimate of drug-likeness (QED) is 0.338. The number of carbonyl (C=O) groups is 1. The van der Waals surface area contributed by atoms with Gasteiger partial charge in [-0.2, -0.15) is 18.4 Å². The second-order valence-corrected chi connectivity index (χ2v) is 7.73. The standard InChI is InChI=1S/C25H20F4N4O5/c1-32-22(20-16(26)11-15(36-2)12-17(20)27)21(24(35)33(32)18-5-4-6-19(30-18)37-3)31-23(34)13-7-9-14(10-8-13)38-25(28)29/h4-12,25H,1-3H3,(H,31,34). The minimum absolute atomic E-state index is 0.0393. The summed E-state index contributed by atoms with van der Waals surface area (Å²) in [4.78, 5) is 30.8. The van der Waals surface area contributed by atoms with Crippen LogP contribution in [0, 0.1) is 11.6 Å². The Morgan fingerprint density at radius 1 is 0.974 bits per heavy atom. The highest BCUT2D eigenvalue weighted by Crippen LogP contribution is 2.34. The summed E-state index contributed by atoms with van der Waals surface area (Å²) in [7, 11) is 3.96. The Labute approximate surface area is 212 Å². The molecule has 2 aromatic heterocycles. The number of ether oxygens (including phenoxy) is 3. The number of nitrogens with zero attached hydrogens (tertiary/aromatic N) is 3. The van der Waals surface area contributed by atoms with Crippen molar-refractivity contribution in [3.05, 3.63) is 82.1 Å². The van der Waals surface area contributed by atoms with Gasteiger partial charge >= 0.3 is 6.61 Å². The van der Waals surface area contributed by atoms with Crippen LogP contribution in [0.5, 0.6) is 17.4 Å². The molecule has 0 aliphatic rings. The molecule has 0 aliphatic carbocycles. The molecule has 1 amide bonds. The highest BCUT2D eigenvalue weighted by Gasteiger charge is 2.28. The molecule has 38 heavy (non-hydrogen) atoms. The highest BCUT2D eigenvalue weighted by atomic mass is 19.3. The van der Waals surface area contributed by atoms with Crippen molar-refractivity contribution in [1.82, 2.24) is 14.3 Å². The number of anilines is 1. The molecule has 0 saturated carbocycles. The largest absolute Gasteiger partial charge is 0.497 e. The van der Waals surface area contributed by atoms with Gasteiger partial charge in [0.25, 0.3) is 11.5 Å². The molecule has 0 bridgehead atoms. The second kappa shape index (κ2) is 10.7. The predicted octanol–water partition coefficient (Wildman–Crippen LogP) is 4.39. The van der Waals surface area contributed by atoms with Crippen LogP contribution in [0.15, 0.2) is 59.4 Å². The van der Waals surface area contributed by atoms with E-state index < -0.39 is 41.0 Å². The van der Waals surface area contributed by atoms with Gasteiger partial charge in [-0.05, 0) is 30.3 Å². The van der Waals surface area contributed by atoms with Crippen LogP contribution >= 0.6 is 0 Å². The number of methoxy groups -OCH3 is 2. The summed E-state index contributed by atoms with van der Waals surface area (Å²) in [6, 6.07) is 11.0. The van der Waals surface area contributed by atoms with E-state index in [9.17, 15) is 18.4 Å². The molecular weight excluding hydrogens is 512 g/mol. The van der Waals surface area contributed by atoms with Gasteiger partial charge in [-0.25, -0.2) is 8.78 Å². The average molecular weight is 532 g/mol. The van der Waals surface area contributed by atoms with E-state index in [1.54, 1.807) is 6.07 Å². The fourth-order valence-corrected chi connectivity index (χ4v) is 3.77. The van der Waals surface area contributed by atoms with Crippen LogP contribution in [-0.4, -0.2) is 41.1 Å². The molecule has 0 spiro atoms. The van der Waals surface area contributed by atoms with Crippen LogP contribution in [0.2, 0.25) is 0 Å². The molecule has 9 nitrogen and oxygen atoms in total. The van der Waals surface area contributed by atoms with Gasteiger partial charge in [0.15, 0.2) is 5.82 Å². The molecular formula is C25H20F4N4O5. The number of halogens is 4. The lowest BCUT2D eigenvalue weighted by Gasteiger charge is -2.13. The van der Waals surface area contributed by atoms with Gasteiger partial charge in [-0.15, -0.1) is 0 Å². The molecule has 0 aliphatic heterocycles. The van der Waals surface area contributed by atoms with Crippen molar-refractivity contribution in [3.63, 3.8) is 0 Å². The molecule has 0 unspecified atom stereocenters. The molecule has 198 valence electrons. The van der Waals surface area contributed by atoms with Crippen LogP contribution in [0.1, 0.15) is 10.4 Å². The smallest absolute Gasteiger partial charge is 0.387 e. The maximum absolute atomic E-state index is 15.1. The number of hydrogen-bond donors (Lipinski definition) is 1. The maximum atomic E-state index is 15.1. The highest BCUT2D eigenvalue weighted by molar-refractivity contribution is 6.06. The summed E-state index contributed by atoms with van der Waals surface area (Å²) in [6.07, 6.45) is 0. The number of pyridine rings is 1. The first kappa shape index (κ1) is 26.3. The van der Waals surface area contributed by atoms with E-state index in [4.69, 9.17) is 9.47 Å². The van der Waals surface area contributed by atoms with Crippen LogP contribution in [0.3, 0.4) is 0 Å². The number of benzene rings is 2. The number of alkyl halides is 2. The normalized spacial score (nSPS) is 10.9. The van der Waals surface area contributed by atoms with Gasteiger partial charge in [0.05, 0.1) is 19.8 Å². The summed E-state index contributed by atoms with van der Waals surface area (Å²) in [5.41, 5.74) is -2.27. The second-order valence-electron chi connectivity index (χ2n) is 7.73. The third kappa shape index (κ3) is 5.03. The Bertz CT molecular complexity index is 1530. The zero-order chi connectivity index (χ0) is 27.6. The Balaban J connectivity index is 1.87. The Morgan fingerprint density at radius 3 is 2.21 bits per heavy atom. The maximum Gasteiger partial charge on any atom is 0.387 e. The molecule has 0 radical (unpaired) electrons. The summed E-state index contributed by atoms with van der Waals surface area (Å²) < 4.78 is 71.6. The third-order valence-corrected chi connectivity index (χ3v) is 5.47. The molecule has 13 heteroatoms. The lowest BCUT2D eigenvalue weighted by atomic mass is 10.1. The summed E-state index contributed by atoms with van der Waals surface area (Å²) in [5, 5.41) is 2.39. The van der Waals surface area contributed by atoms with Gasteiger partial charge in [0.2, 0.25) is 5.88 Å². The van der Waals surface area contributed by atoms with Crippen molar-refractivity contribution < 1.29 is 36.6 Å². The lowest BCUT2D eigenvalue weighted by Crippen LogP contribution is -2.23. The van der Waals surface area contributed by atoms with Gasteiger partial charge in [0.1, 0.15) is 34.5 Å². The zero-order valence-electron chi connectivity index (χ0n) is 20.2. The zero-order valence-corrected chi connectivity index (χ0v) is 20.2. The topological polar surface area (TPSA) is 96.6 Å². The molecule has 4 rings (SSSR count). The van der Waals surface area contributed by atoms with E-state index in [1.807, 2.05) is 0 Å². The summed E-state index contributed by atoms with van der Waals surface area (Å²) in [5.74, 6) is -3.05. The Kier molecular flexibility index (Phi) is 7.37. The van der Waals surface area contributed by atoms with Crippen LogP contribution < -0.4 is 25.1 Å². The summed E-state index contributed by atoms with van der Waals surface area (Å²) in [6.45, 7) is -3.06.